The van der Waals surface area contributed by atoms with Gasteiger partial charge in [0.25, 0.3) is 5.91 Å². The molecule has 0 spiro atoms. The molecule has 34 heavy (non-hydrogen) atoms. The monoisotopic (exact) mass is 480 g/mol. The number of anilines is 1. The number of hydrogen-bond donors (Lipinski definition) is 3. The predicted octanol–water partition coefficient (Wildman–Crippen LogP) is 3.52. The highest BCUT2D eigenvalue weighted by molar-refractivity contribution is 7.15. The summed E-state index contributed by atoms with van der Waals surface area (Å²) in [6.45, 7) is 1.22. The molecule has 2 aromatic heterocycles. The van der Waals surface area contributed by atoms with E-state index < -0.39 is 0 Å². The first-order valence-electron chi connectivity index (χ1n) is 11.4. The van der Waals surface area contributed by atoms with Crippen LogP contribution in [0.15, 0.2) is 24.3 Å². The van der Waals surface area contributed by atoms with E-state index in [4.69, 9.17) is 9.47 Å². The minimum Gasteiger partial charge on any atom is -0.454 e. The van der Waals surface area contributed by atoms with Crippen molar-refractivity contribution in [2.75, 3.05) is 18.7 Å². The molecule has 1 aromatic carbocycles. The quantitative estimate of drug-likeness (QED) is 0.525. The number of thiazole rings is 1. The molecule has 11 heteroatoms. The number of aromatic nitrogens is 3. The molecule has 10 nitrogen and oxygen atoms in total. The molecule has 1 fully saturated rings. The summed E-state index contributed by atoms with van der Waals surface area (Å²) in [5, 5.41) is 13.6. The summed E-state index contributed by atoms with van der Waals surface area (Å²) in [6, 6.07) is 7.37. The summed E-state index contributed by atoms with van der Waals surface area (Å²) in [7, 11) is 0. The van der Waals surface area contributed by atoms with Gasteiger partial charge in [-0.15, -0.1) is 0 Å². The van der Waals surface area contributed by atoms with Gasteiger partial charge in [-0.3, -0.25) is 15.2 Å². The molecule has 0 radical (unpaired) electrons. The molecule has 0 unspecified atom stereocenters. The molecule has 3 N–H and O–H groups in total. The lowest BCUT2D eigenvalue weighted by molar-refractivity contribution is 0.0730. The first-order chi connectivity index (χ1) is 16.6. The predicted molar refractivity (Wildman–Crippen MR) is 125 cm³/mol. The maximum Gasteiger partial charge on any atom is 0.321 e. The van der Waals surface area contributed by atoms with Crippen molar-refractivity contribution in [1.82, 2.24) is 25.4 Å². The van der Waals surface area contributed by atoms with Crippen molar-refractivity contribution in [3.63, 3.8) is 0 Å². The zero-order valence-electron chi connectivity index (χ0n) is 18.4. The van der Waals surface area contributed by atoms with Gasteiger partial charge in [-0.25, -0.2) is 9.78 Å². The topological polar surface area (TPSA) is 121 Å². The molecule has 4 heterocycles. The van der Waals surface area contributed by atoms with E-state index in [-0.39, 0.29) is 24.8 Å². The van der Waals surface area contributed by atoms with Crippen molar-refractivity contribution in [3.8, 4) is 22.8 Å². The van der Waals surface area contributed by atoms with Crippen molar-refractivity contribution in [1.29, 1.82) is 0 Å². The Labute approximate surface area is 199 Å². The number of fused-ring (bicyclic) bond motifs is 2. The first kappa shape index (κ1) is 21.0. The zero-order chi connectivity index (χ0) is 23.1. The number of rotatable bonds is 4. The molecule has 176 valence electrons. The lowest BCUT2D eigenvalue weighted by Gasteiger charge is -2.25. The number of aromatic amines is 1. The molecule has 2 aliphatic heterocycles. The molecule has 1 aliphatic carbocycles. The van der Waals surface area contributed by atoms with Crippen LogP contribution in [0.5, 0.6) is 11.5 Å². The largest absolute Gasteiger partial charge is 0.454 e. The Kier molecular flexibility index (Phi) is 5.33. The fraction of sp³-hybridized carbons (Fsp3) is 0.391. The Balaban J connectivity index is 1.11. The number of carbonyl (C=O) groups is 2. The molecule has 3 aromatic rings. The highest BCUT2D eigenvalue weighted by Gasteiger charge is 2.27. The summed E-state index contributed by atoms with van der Waals surface area (Å²) in [4.78, 5) is 32.7. The number of benzene rings is 1. The Morgan fingerprint density at radius 2 is 2.00 bits per heavy atom. The van der Waals surface area contributed by atoms with Gasteiger partial charge in [0.1, 0.15) is 5.69 Å². The lowest BCUT2D eigenvalue weighted by atomic mass is 10.1. The smallest absolute Gasteiger partial charge is 0.321 e. The SMILES string of the molecule is O=C(Nc1nc2c(s1)CN(C(=O)c1cc(-c3ccc4c(c3)OCO4)n[nH]1)CC2)NC1CCCC1. The van der Waals surface area contributed by atoms with Gasteiger partial charge in [-0.2, -0.15) is 5.10 Å². The van der Waals surface area contributed by atoms with Crippen LogP contribution in [0, 0.1) is 0 Å². The second-order valence-corrected chi connectivity index (χ2v) is 9.76. The van der Waals surface area contributed by atoms with Crippen LogP contribution in [0.3, 0.4) is 0 Å². The first-order valence-corrected chi connectivity index (χ1v) is 12.2. The minimum atomic E-state index is -0.209. The third-order valence-corrected chi connectivity index (χ3v) is 7.40. The number of amides is 3. The van der Waals surface area contributed by atoms with E-state index in [9.17, 15) is 9.59 Å². The Morgan fingerprint density at radius 3 is 2.88 bits per heavy atom. The van der Waals surface area contributed by atoms with Crippen LogP contribution < -0.4 is 20.1 Å². The van der Waals surface area contributed by atoms with E-state index >= 15 is 0 Å². The van der Waals surface area contributed by atoms with Crippen molar-refractivity contribution in [3.05, 3.63) is 40.5 Å². The fourth-order valence-corrected chi connectivity index (χ4v) is 5.64. The number of hydrogen-bond acceptors (Lipinski definition) is 7. The molecule has 3 amide bonds. The molecule has 1 saturated carbocycles. The second-order valence-electron chi connectivity index (χ2n) is 8.68. The molecular formula is C23H24N6O4S. The summed E-state index contributed by atoms with van der Waals surface area (Å²) in [6.07, 6.45) is 5.03. The highest BCUT2D eigenvalue weighted by atomic mass is 32.1. The standard InChI is InChI=1S/C23H24N6O4S/c30-21(17-10-16(27-28-17)13-5-6-18-19(9-13)33-12-32-18)29-8-7-15-20(11-29)34-23(25-15)26-22(31)24-14-3-1-2-4-14/h5-6,9-10,14H,1-4,7-8,11-12H2,(H,27,28)(H2,24,25,26,31). The van der Waals surface area contributed by atoms with Gasteiger partial charge >= 0.3 is 6.03 Å². The van der Waals surface area contributed by atoms with E-state index in [2.05, 4.69) is 25.8 Å². The van der Waals surface area contributed by atoms with Crippen molar-refractivity contribution < 1.29 is 19.1 Å². The zero-order valence-corrected chi connectivity index (χ0v) is 19.2. The van der Waals surface area contributed by atoms with E-state index in [0.717, 1.165) is 41.8 Å². The molecular weight excluding hydrogens is 456 g/mol. The highest BCUT2D eigenvalue weighted by Crippen LogP contribution is 2.36. The summed E-state index contributed by atoms with van der Waals surface area (Å²) >= 11 is 1.42. The Hall–Kier alpha value is -3.60. The van der Waals surface area contributed by atoms with Gasteiger partial charge < -0.3 is 19.7 Å². The van der Waals surface area contributed by atoms with Gasteiger partial charge in [0.05, 0.1) is 17.9 Å². The van der Waals surface area contributed by atoms with E-state index in [1.807, 2.05) is 18.2 Å². The van der Waals surface area contributed by atoms with Crippen molar-refractivity contribution in [2.45, 2.75) is 44.7 Å². The summed E-state index contributed by atoms with van der Waals surface area (Å²) < 4.78 is 10.8. The number of urea groups is 1. The van der Waals surface area contributed by atoms with Crippen LogP contribution in [0.4, 0.5) is 9.93 Å². The molecule has 6 rings (SSSR count). The number of ether oxygens (including phenoxy) is 2. The van der Waals surface area contributed by atoms with Gasteiger partial charge in [0.2, 0.25) is 6.79 Å². The summed E-state index contributed by atoms with van der Waals surface area (Å²) in [5.41, 5.74) is 2.87. The number of nitrogens with one attached hydrogen (secondary N) is 3. The van der Waals surface area contributed by atoms with Crippen LogP contribution in [-0.4, -0.2) is 51.4 Å². The molecule has 0 atom stereocenters. The van der Waals surface area contributed by atoms with Crippen molar-refractivity contribution in [2.24, 2.45) is 0 Å². The molecule has 0 bridgehead atoms. The van der Waals surface area contributed by atoms with E-state index in [1.54, 1.807) is 11.0 Å². The second kappa shape index (κ2) is 8.64. The maximum atomic E-state index is 13.1. The van der Waals surface area contributed by atoms with Crippen molar-refractivity contribution >= 4 is 28.4 Å². The third kappa shape index (κ3) is 4.07. The summed E-state index contributed by atoms with van der Waals surface area (Å²) in [5.74, 6) is 1.25. The van der Waals surface area contributed by atoms with Crippen LogP contribution in [0.2, 0.25) is 0 Å². The van der Waals surface area contributed by atoms with Crippen LogP contribution in [0.25, 0.3) is 11.3 Å². The third-order valence-electron chi connectivity index (χ3n) is 6.41. The van der Waals surface area contributed by atoms with Gasteiger partial charge in [0, 0.05) is 29.4 Å². The minimum absolute atomic E-state index is 0.118. The van der Waals surface area contributed by atoms with E-state index in [1.165, 1.54) is 11.3 Å². The number of H-pyrrole nitrogens is 1. The Morgan fingerprint density at radius 1 is 1.15 bits per heavy atom. The average molecular weight is 481 g/mol. The Bertz CT molecular complexity index is 1250. The van der Waals surface area contributed by atoms with Gasteiger partial charge in [0.15, 0.2) is 16.6 Å². The van der Waals surface area contributed by atoms with Gasteiger partial charge in [-0.1, -0.05) is 24.2 Å². The van der Waals surface area contributed by atoms with Crippen LogP contribution in [0.1, 0.15) is 46.7 Å². The molecule has 0 saturated heterocycles. The van der Waals surface area contributed by atoms with E-state index in [0.29, 0.717) is 47.5 Å². The normalized spacial score (nSPS) is 17.0. The number of carbonyl (C=O) groups excluding carboxylic acids is 2. The lowest BCUT2D eigenvalue weighted by Crippen LogP contribution is -2.36. The average Bonchev–Trinajstić information content (AvgIpc) is 3.64. The fourth-order valence-electron chi connectivity index (χ4n) is 4.62. The van der Waals surface area contributed by atoms with Crippen LogP contribution >= 0.6 is 11.3 Å². The molecule has 3 aliphatic rings. The number of nitrogens with zero attached hydrogens (tertiary/aromatic N) is 3. The van der Waals surface area contributed by atoms with Gasteiger partial charge in [-0.05, 0) is 37.1 Å². The van der Waals surface area contributed by atoms with Crippen LogP contribution in [-0.2, 0) is 13.0 Å². The maximum absolute atomic E-state index is 13.1.